The molecule has 1 aromatic rings. The molecule has 0 aliphatic heterocycles. The minimum absolute atomic E-state index is 0.179. The van der Waals surface area contributed by atoms with Gasteiger partial charge in [-0.2, -0.15) is 4.31 Å². The van der Waals surface area contributed by atoms with Crippen molar-refractivity contribution >= 4 is 32.3 Å². The summed E-state index contributed by atoms with van der Waals surface area (Å²) in [7, 11) is -2.64. The summed E-state index contributed by atoms with van der Waals surface area (Å²) < 4.78 is 24.5. The predicted molar refractivity (Wildman–Crippen MR) is 63.0 cm³/mol. The first-order valence-corrected chi connectivity index (χ1v) is 6.93. The van der Waals surface area contributed by atoms with E-state index in [1.165, 1.54) is 7.05 Å². The number of sulfonamides is 1. The van der Waals surface area contributed by atoms with Gasteiger partial charge in [0.25, 0.3) is 10.0 Å². The van der Waals surface area contributed by atoms with Gasteiger partial charge in [0.05, 0.1) is 11.3 Å². The molecule has 1 aromatic heterocycles. The van der Waals surface area contributed by atoms with Gasteiger partial charge in [0.15, 0.2) is 0 Å². The third-order valence-corrected chi connectivity index (χ3v) is 5.41. The normalized spacial score (nSPS) is 11.7. The van der Waals surface area contributed by atoms with Crippen molar-refractivity contribution in [2.75, 3.05) is 13.6 Å². The number of aliphatic carboxylic acids is 1. The number of hydrogen-bond acceptors (Lipinski definition) is 6. The maximum atomic E-state index is 11.9. The molecule has 0 unspecified atom stereocenters. The SMILES string of the molecule is CN(CCC(=O)O)S(=O)(=O)c1ccc([N+](=O)[O-])s1. The second kappa shape index (κ2) is 5.42. The Bertz CT molecular complexity index is 564. The maximum absolute atomic E-state index is 11.9. The van der Waals surface area contributed by atoms with Crippen LogP contribution in [0.3, 0.4) is 0 Å². The Morgan fingerprint density at radius 3 is 2.61 bits per heavy atom. The molecule has 8 nitrogen and oxygen atoms in total. The Kier molecular flexibility index (Phi) is 4.38. The van der Waals surface area contributed by atoms with Crippen LogP contribution in [0.4, 0.5) is 5.00 Å². The molecule has 0 bridgehead atoms. The van der Waals surface area contributed by atoms with Crippen LogP contribution in [0.1, 0.15) is 6.42 Å². The molecule has 0 amide bonds. The molecule has 1 rings (SSSR count). The standard InChI is InChI=1S/C8H10N2O6S2/c1-9(5-4-7(11)12)18(15,16)8-3-2-6(17-8)10(13)14/h2-3H,4-5H2,1H3,(H,11,12). The molecule has 0 spiro atoms. The van der Waals surface area contributed by atoms with E-state index in [1.807, 2.05) is 0 Å². The first-order chi connectivity index (χ1) is 8.25. The van der Waals surface area contributed by atoms with Crippen LogP contribution < -0.4 is 0 Å². The quantitative estimate of drug-likeness (QED) is 0.611. The van der Waals surface area contributed by atoms with Gasteiger partial charge < -0.3 is 5.11 Å². The fourth-order valence-corrected chi connectivity index (χ4v) is 3.56. The lowest BCUT2D eigenvalue weighted by Gasteiger charge is -2.14. The summed E-state index contributed by atoms with van der Waals surface area (Å²) in [6.45, 7) is -0.191. The molecule has 0 aliphatic carbocycles. The number of carboxylic acids is 1. The highest BCUT2D eigenvalue weighted by molar-refractivity contribution is 7.91. The number of carbonyl (C=O) groups is 1. The first kappa shape index (κ1) is 14.5. The summed E-state index contributed by atoms with van der Waals surface area (Å²) in [4.78, 5) is 20.1. The molecule has 1 heterocycles. The molecule has 0 aromatic carbocycles. The average molecular weight is 294 g/mol. The average Bonchev–Trinajstić information content (AvgIpc) is 2.75. The van der Waals surface area contributed by atoms with E-state index in [0.29, 0.717) is 11.3 Å². The second-order valence-electron chi connectivity index (χ2n) is 3.32. The van der Waals surface area contributed by atoms with Crippen LogP contribution in [-0.2, 0) is 14.8 Å². The number of nitrogens with zero attached hydrogens (tertiary/aromatic N) is 2. The highest BCUT2D eigenvalue weighted by Crippen LogP contribution is 2.29. The van der Waals surface area contributed by atoms with E-state index < -0.39 is 20.9 Å². The lowest BCUT2D eigenvalue weighted by atomic mass is 10.4. The van der Waals surface area contributed by atoms with E-state index >= 15 is 0 Å². The lowest BCUT2D eigenvalue weighted by Crippen LogP contribution is -2.28. The molecule has 0 saturated carbocycles. The summed E-state index contributed by atoms with van der Waals surface area (Å²) in [5.41, 5.74) is 0. The molecule has 0 radical (unpaired) electrons. The summed E-state index contributed by atoms with van der Waals surface area (Å²) in [6, 6.07) is 2.23. The van der Waals surface area contributed by atoms with Crippen molar-refractivity contribution in [2.45, 2.75) is 10.6 Å². The Morgan fingerprint density at radius 2 is 2.17 bits per heavy atom. The number of carboxylic acid groups (broad SMARTS) is 1. The third kappa shape index (κ3) is 3.24. The van der Waals surface area contributed by atoms with E-state index in [2.05, 4.69) is 0 Å². The molecule has 0 saturated heterocycles. The fraction of sp³-hybridized carbons (Fsp3) is 0.375. The molecule has 0 atom stereocenters. The monoisotopic (exact) mass is 294 g/mol. The number of hydrogen-bond donors (Lipinski definition) is 1. The van der Waals surface area contributed by atoms with Crippen molar-refractivity contribution in [3.63, 3.8) is 0 Å². The van der Waals surface area contributed by atoms with Crippen LogP contribution in [0, 0.1) is 10.1 Å². The van der Waals surface area contributed by atoms with E-state index in [1.54, 1.807) is 0 Å². The molecule has 18 heavy (non-hydrogen) atoms. The number of thiophene rings is 1. The second-order valence-corrected chi connectivity index (χ2v) is 6.65. The molecule has 0 aliphatic rings. The van der Waals surface area contributed by atoms with Crippen LogP contribution >= 0.6 is 11.3 Å². The highest BCUT2D eigenvalue weighted by atomic mass is 32.2. The van der Waals surface area contributed by atoms with Gasteiger partial charge in [0, 0.05) is 19.7 Å². The van der Waals surface area contributed by atoms with Gasteiger partial charge in [-0.05, 0) is 17.4 Å². The molecule has 100 valence electrons. The largest absolute Gasteiger partial charge is 0.481 e. The number of rotatable bonds is 6. The Balaban J connectivity index is 2.91. The van der Waals surface area contributed by atoms with Crippen LogP contribution in [0.5, 0.6) is 0 Å². The highest BCUT2D eigenvalue weighted by Gasteiger charge is 2.25. The lowest BCUT2D eigenvalue weighted by molar-refractivity contribution is -0.380. The van der Waals surface area contributed by atoms with Crippen LogP contribution in [-0.4, -0.2) is 42.3 Å². The Hall–Kier alpha value is -1.52. The predicted octanol–water partition coefficient (Wildman–Crippen LogP) is 0.751. The van der Waals surface area contributed by atoms with E-state index in [0.717, 1.165) is 16.4 Å². The topological polar surface area (TPSA) is 118 Å². The van der Waals surface area contributed by atoms with Crippen LogP contribution in [0.25, 0.3) is 0 Å². The Morgan fingerprint density at radius 1 is 1.56 bits per heavy atom. The number of nitro groups is 1. The van der Waals surface area contributed by atoms with Gasteiger partial charge in [-0.25, -0.2) is 8.42 Å². The minimum Gasteiger partial charge on any atom is -0.481 e. The third-order valence-electron chi connectivity index (χ3n) is 2.05. The summed E-state index contributed by atoms with van der Waals surface area (Å²) >= 11 is 0.534. The van der Waals surface area contributed by atoms with Gasteiger partial charge in [-0.1, -0.05) is 0 Å². The van der Waals surface area contributed by atoms with E-state index in [-0.39, 0.29) is 22.2 Å². The van der Waals surface area contributed by atoms with Gasteiger partial charge in [0.2, 0.25) is 0 Å². The maximum Gasteiger partial charge on any atom is 0.325 e. The van der Waals surface area contributed by atoms with Crippen LogP contribution in [0.2, 0.25) is 0 Å². The van der Waals surface area contributed by atoms with Crippen molar-refractivity contribution in [3.8, 4) is 0 Å². The van der Waals surface area contributed by atoms with Gasteiger partial charge >= 0.3 is 11.0 Å². The first-order valence-electron chi connectivity index (χ1n) is 4.67. The molecular weight excluding hydrogens is 284 g/mol. The molecular formula is C8H10N2O6S2. The van der Waals surface area contributed by atoms with Crippen molar-refractivity contribution < 1.29 is 23.2 Å². The van der Waals surface area contributed by atoms with Crippen molar-refractivity contribution in [1.29, 1.82) is 0 Å². The smallest absolute Gasteiger partial charge is 0.325 e. The molecule has 0 fully saturated rings. The van der Waals surface area contributed by atoms with Gasteiger partial charge in [-0.3, -0.25) is 14.9 Å². The zero-order valence-corrected chi connectivity index (χ0v) is 10.9. The Labute approximate surface area is 107 Å². The van der Waals surface area contributed by atoms with Gasteiger partial charge in [0.1, 0.15) is 4.21 Å². The summed E-state index contributed by atoms with van der Waals surface area (Å²) in [6.07, 6.45) is -0.330. The molecule has 10 heteroatoms. The molecule has 1 N–H and O–H groups in total. The fourth-order valence-electron chi connectivity index (χ4n) is 1.07. The van der Waals surface area contributed by atoms with Crippen LogP contribution in [0.15, 0.2) is 16.3 Å². The van der Waals surface area contributed by atoms with Crippen molar-refractivity contribution in [3.05, 3.63) is 22.2 Å². The zero-order chi connectivity index (χ0) is 13.9. The summed E-state index contributed by atoms with van der Waals surface area (Å²) in [5.74, 6) is -1.12. The summed E-state index contributed by atoms with van der Waals surface area (Å²) in [5, 5.41) is 18.6. The van der Waals surface area contributed by atoms with E-state index in [4.69, 9.17) is 5.11 Å². The zero-order valence-electron chi connectivity index (χ0n) is 9.27. The van der Waals surface area contributed by atoms with E-state index in [9.17, 15) is 23.3 Å². The van der Waals surface area contributed by atoms with Crippen molar-refractivity contribution in [1.82, 2.24) is 4.31 Å². The minimum atomic E-state index is -3.86. The van der Waals surface area contributed by atoms with Crippen molar-refractivity contribution in [2.24, 2.45) is 0 Å². The van der Waals surface area contributed by atoms with Gasteiger partial charge in [-0.15, -0.1) is 0 Å².